The summed E-state index contributed by atoms with van der Waals surface area (Å²) in [5, 5.41) is 7.32. The fourth-order valence-electron chi connectivity index (χ4n) is 1.59. The van der Waals surface area contributed by atoms with Crippen LogP contribution in [0.15, 0.2) is 15.4 Å². The van der Waals surface area contributed by atoms with Crippen molar-refractivity contribution in [1.82, 2.24) is 15.0 Å². The lowest BCUT2D eigenvalue weighted by Crippen LogP contribution is -2.41. The zero-order valence-corrected chi connectivity index (χ0v) is 17.9. The summed E-state index contributed by atoms with van der Waals surface area (Å²) in [4.78, 5) is 11.2. The second-order valence-corrected chi connectivity index (χ2v) is 9.17. The molecule has 0 saturated carbocycles. The number of guanidine groups is 2. The molecule has 29 heavy (non-hydrogen) atoms. The predicted octanol–water partition coefficient (Wildman–Crippen LogP) is 1.13. The third-order valence-corrected chi connectivity index (χ3v) is 5.22. The number of rotatable bonds is 10. The summed E-state index contributed by atoms with van der Waals surface area (Å²) in [5.74, 6) is -3.40. The van der Waals surface area contributed by atoms with E-state index in [1.165, 1.54) is 18.8 Å². The smallest absolute Gasteiger partial charge is 0.326 e. The standard InChI is InChI=1S/C13H21F4N7O2S3/c1-19-11(24-29(2,25)26)20-3-4-27-5-8-6-28-12(22-8)23-10(18)21-7-13(16,17)9(14)15/h6,9H,3-5,7H2,1-2H3,(H2,19,20,24)(H3,18,21,22,23). The first-order valence-corrected chi connectivity index (χ1v) is 11.8. The Morgan fingerprint density at radius 2 is 2.14 bits per heavy atom. The minimum Gasteiger partial charge on any atom is -0.370 e. The van der Waals surface area contributed by atoms with Crippen LogP contribution in [0.5, 0.6) is 0 Å². The normalized spacial score (nSPS) is 13.6. The van der Waals surface area contributed by atoms with E-state index in [2.05, 4.69) is 30.3 Å². The van der Waals surface area contributed by atoms with Gasteiger partial charge < -0.3 is 16.4 Å². The summed E-state index contributed by atoms with van der Waals surface area (Å²) in [6, 6.07) is 0. The minimum atomic E-state index is -4.25. The van der Waals surface area contributed by atoms with Crippen molar-refractivity contribution < 1.29 is 26.0 Å². The Labute approximate surface area is 173 Å². The van der Waals surface area contributed by atoms with E-state index in [0.717, 1.165) is 17.6 Å². The largest absolute Gasteiger partial charge is 0.370 e. The molecular weight excluding hydrogens is 458 g/mol. The second kappa shape index (κ2) is 11.4. The molecule has 0 radical (unpaired) electrons. The van der Waals surface area contributed by atoms with E-state index in [0.29, 0.717) is 23.7 Å². The van der Waals surface area contributed by atoms with Crippen molar-refractivity contribution in [2.45, 2.75) is 18.1 Å². The summed E-state index contributed by atoms with van der Waals surface area (Å²) in [6.45, 7) is -0.977. The van der Waals surface area contributed by atoms with Crippen LogP contribution in [0.1, 0.15) is 5.69 Å². The molecule has 0 aliphatic rings. The lowest BCUT2D eigenvalue weighted by molar-refractivity contribution is -0.119. The Hall–Kier alpha value is -1.81. The van der Waals surface area contributed by atoms with Gasteiger partial charge in [0, 0.05) is 30.5 Å². The van der Waals surface area contributed by atoms with Crippen LogP contribution in [0, 0.1) is 0 Å². The summed E-state index contributed by atoms with van der Waals surface area (Å²) in [6.07, 6.45) is -2.80. The zero-order chi connectivity index (χ0) is 22.1. The number of hydrogen-bond acceptors (Lipinski definition) is 7. The minimum absolute atomic E-state index is 0.139. The van der Waals surface area contributed by atoms with Crippen molar-refractivity contribution >= 4 is 50.2 Å². The molecule has 16 heteroatoms. The molecule has 9 nitrogen and oxygen atoms in total. The second-order valence-electron chi connectivity index (χ2n) is 5.46. The maximum Gasteiger partial charge on any atom is 0.326 e. The van der Waals surface area contributed by atoms with E-state index < -0.39 is 34.9 Å². The SMILES string of the molecule is CN=C(NCCSCc1csc(NC(N)=NCC(F)(F)C(F)F)n1)NS(C)(=O)=O. The monoisotopic (exact) mass is 479 g/mol. The summed E-state index contributed by atoms with van der Waals surface area (Å²) in [7, 11) is -1.96. The number of aromatic nitrogens is 1. The number of nitrogens with two attached hydrogens (primary N) is 1. The van der Waals surface area contributed by atoms with Gasteiger partial charge in [-0.05, 0) is 0 Å². The van der Waals surface area contributed by atoms with E-state index in [1.54, 1.807) is 5.38 Å². The van der Waals surface area contributed by atoms with Crippen LogP contribution in [0.3, 0.4) is 0 Å². The number of alkyl halides is 4. The number of nitrogens with one attached hydrogen (secondary N) is 3. The lowest BCUT2D eigenvalue weighted by Gasteiger charge is -2.12. The van der Waals surface area contributed by atoms with Gasteiger partial charge in [0.1, 0.15) is 6.54 Å². The molecule has 1 heterocycles. The number of anilines is 1. The van der Waals surface area contributed by atoms with Crippen LogP contribution in [-0.4, -0.2) is 69.8 Å². The third-order valence-electron chi connectivity index (χ3n) is 2.86. The highest BCUT2D eigenvalue weighted by Crippen LogP contribution is 2.23. The maximum atomic E-state index is 12.8. The average molecular weight is 480 g/mol. The number of sulfonamides is 1. The molecule has 0 bridgehead atoms. The molecule has 0 spiro atoms. The Balaban J connectivity index is 2.37. The molecule has 0 atom stereocenters. The van der Waals surface area contributed by atoms with Crippen LogP contribution in [-0.2, 0) is 15.8 Å². The van der Waals surface area contributed by atoms with Crippen molar-refractivity contribution in [1.29, 1.82) is 0 Å². The van der Waals surface area contributed by atoms with Crippen molar-refractivity contribution in [2.75, 3.05) is 37.5 Å². The molecule has 1 rings (SSSR count). The first-order valence-electron chi connectivity index (χ1n) is 7.86. The Bertz CT molecular complexity index is 815. The van der Waals surface area contributed by atoms with Gasteiger partial charge in [0.2, 0.25) is 16.0 Å². The molecular formula is C13H21F4N7O2S3. The van der Waals surface area contributed by atoms with Gasteiger partial charge in [-0.15, -0.1) is 11.3 Å². The van der Waals surface area contributed by atoms with Crippen molar-refractivity contribution in [3.63, 3.8) is 0 Å². The number of halogens is 4. The Kier molecular flexibility index (Phi) is 9.91. The molecule has 166 valence electrons. The first kappa shape index (κ1) is 25.2. The van der Waals surface area contributed by atoms with Crippen LogP contribution in [0.4, 0.5) is 22.7 Å². The number of thiazole rings is 1. The topological polar surface area (TPSA) is 134 Å². The van der Waals surface area contributed by atoms with Gasteiger partial charge in [-0.25, -0.2) is 27.2 Å². The van der Waals surface area contributed by atoms with Gasteiger partial charge in [-0.2, -0.15) is 20.5 Å². The van der Waals surface area contributed by atoms with E-state index in [9.17, 15) is 26.0 Å². The molecule has 1 aromatic heterocycles. The molecule has 0 aromatic carbocycles. The van der Waals surface area contributed by atoms with Crippen LogP contribution < -0.4 is 21.1 Å². The number of nitrogens with zero attached hydrogens (tertiary/aromatic N) is 3. The van der Waals surface area contributed by atoms with E-state index in [1.807, 2.05) is 0 Å². The fourth-order valence-corrected chi connectivity index (χ4v) is 3.68. The van der Waals surface area contributed by atoms with Crippen molar-refractivity contribution in [3.8, 4) is 0 Å². The molecule has 0 fully saturated rings. The molecule has 0 saturated heterocycles. The molecule has 5 N–H and O–H groups in total. The third kappa shape index (κ3) is 10.5. The summed E-state index contributed by atoms with van der Waals surface area (Å²) >= 11 is 2.66. The van der Waals surface area contributed by atoms with Gasteiger partial charge in [-0.1, -0.05) is 0 Å². The fraction of sp³-hybridized carbons (Fsp3) is 0.615. The predicted molar refractivity (Wildman–Crippen MR) is 109 cm³/mol. The van der Waals surface area contributed by atoms with Crippen molar-refractivity contribution in [2.24, 2.45) is 15.7 Å². The van der Waals surface area contributed by atoms with E-state index >= 15 is 0 Å². The van der Waals surface area contributed by atoms with E-state index in [4.69, 9.17) is 5.73 Å². The zero-order valence-electron chi connectivity index (χ0n) is 15.5. The lowest BCUT2D eigenvalue weighted by atomic mass is 10.3. The van der Waals surface area contributed by atoms with Gasteiger partial charge >= 0.3 is 12.3 Å². The number of aliphatic imine (C=N–C) groups is 2. The number of hydrogen-bond donors (Lipinski definition) is 4. The van der Waals surface area contributed by atoms with Crippen LogP contribution >= 0.6 is 23.1 Å². The quantitative estimate of drug-likeness (QED) is 0.171. The molecule has 0 unspecified atom stereocenters. The molecule has 1 aromatic rings. The average Bonchev–Trinajstić information content (AvgIpc) is 3.04. The van der Waals surface area contributed by atoms with Gasteiger partial charge in [0.15, 0.2) is 11.1 Å². The van der Waals surface area contributed by atoms with Gasteiger partial charge in [0.05, 0.1) is 11.9 Å². The molecule has 0 aliphatic heterocycles. The van der Waals surface area contributed by atoms with Crippen LogP contribution in [0.25, 0.3) is 0 Å². The highest BCUT2D eigenvalue weighted by atomic mass is 32.2. The van der Waals surface area contributed by atoms with Crippen molar-refractivity contribution in [3.05, 3.63) is 11.1 Å². The maximum absolute atomic E-state index is 12.8. The first-order chi connectivity index (χ1) is 13.4. The highest BCUT2D eigenvalue weighted by Gasteiger charge is 2.40. The molecule has 0 amide bonds. The Morgan fingerprint density at radius 3 is 2.72 bits per heavy atom. The van der Waals surface area contributed by atoms with E-state index in [-0.39, 0.29) is 11.1 Å². The molecule has 0 aliphatic carbocycles. The van der Waals surface area contributed by atoms with Gasteiger partial charge in [0.25, 0.3) is 0 Å². The Morgan fingerprint density at radius 1 is 1.45 bits per heavy atom. The van der Waals surface area contributed by atoms with Gasteiger partial charge in [-0.3, -0.25) is 9.71 Å². The summed E-state index contributed by atoms with van der Waals surface area (Å²) in [5.41, 5.74) is 6.09. The van der Waals surface area contributed by atoms with Crippen LogP contribution in [0.2, 0.25) is 0 Å². The summed E-state index contributed by atoms with van der Waals surface area (Å²) < 4.78 is 74.2. The number of thioether (sulfide) groups is 1. The highest BCUT2D eigenvalue weighted by molar-refractivity contribution is 7.98.